The highest BCUT2D eigenvalue weighted by molar-refractivity contribution is 7.89. The predicted molar refractivity (Wildman–Crippen MR) is 111 cm³/mol. The number of aromatic nitrogens is 3. The summed E-state index contributed by atoms with van der Waals surface area (Å²) < 4.78 is 45.4. The number of methoxy groups -OCH3 is 1. The maximum atomic E-state index is 13.7. The van der Waals surface area contributed by atoms with Crippen LogP contribution in [0.3, 0.4) is 0 Å². The van der Waals surface area contributed by atoms with Crippen LogP contribution in [-0.2, 0) is 10.0 Å². The normalized spacial score (nSPS) is 11.2. The second-order valence-corrected chi connectivity index (χ2v) is 8.04. The van der Waals surface area contributed by atoms with Gasteiger partial charge >= 0.3 is 0 Å². The minimum Gasteiger partial charge on any atom is -0.494 e. The first-order valence-electron chi connectivity index (χ1n) is 8.98. The highest BCUT2D eigenvalue weighted by Crippen LogP contribution is 2.20. The van der Waals surface area contributed by atoms with Gasteiger partial charge in [0.1, 0.15) is 11.6 Å². The van der Waals surface area contributed by atoms with Gasteiger partial charge in [-0.25, -0.2) is 22.5 Å². The molecule has 9 nitrogen and oxygen atoms in total. The zero-order chi connectivity index (χ0) is 21.6. The standard InChI is InChI=1S/C19H21FN6O3S/c1-13-7-8-21-19(11-13)24-18-6-5-17(25-26-18)22-9-10-23-30(27,28)14-3-4-16(29-2)15(20)12-14/h3-8,11-12,23H,9-10H2,1-2H3,(H,22,25)(H,21,24,26). The van der Waals surface area contributed by atoms with E-state index >= 15 is 0 Å². The van der Waals surface area contributed by atoms with E-state index in [2.05, 4.69) is 30.5 Å². The Morgan fingerprint density at radius 1 is 1.00 bits per heavy atom. The molecule has 0 spiro atoms. The van der Waals surface area contributed by atoms with Gasteiger partial charge in [0.25, 0.3) is 0 Å². The summed E-state index contributed by atoms with van der Waals surface area (Å²) in [6, 6.07) is 10.7. The molecular weight excluding hydrogens is 411 g/mol. The first kappa shape index (κ1) is 21.4. The maximum absolute atomic E-state index is 13.7. The van der Waals surface area contributed by atoms with Crippen molar-refractivity contribution in [2.75, 3.05) is 30.8 Å². The second-order valence-electron chi connectivity index (χ2n) is 6.27. The average molecular weight is 432 g/mol. The van der Waals surface area contributed by atoms with Crippen molar-refractivity contribution in [1.29, 1.82) is 0 Å². The van der Waals surface area contributed by atoms with Crippen molar-refractivity contribution in [2.45, 2.75) is 11.8 Å². The topological polar surface area (TPSA) is 118 Å². The summed E-state index contributed by atoms with van der Waals surface area (Å²) in [5, 5.41) is 14.1. The molecule has 11 heteroatoms. The van der Waals surface area contributed by atoms with Gasteiger partial charge in [0.05, 0.1) is 12.0 Å². The molecule has 2 aromatic heterocycles. The Bertz CT molecular complexity index is 1110. The fraction of sp³-hybridized carbons (Fsp3) is 0.211. The Labute approximate surface area is 173 Å². The third-order valence-corrected chi connectivity index (χ3v) is 5.45. The molecule has 3 N–H and O–H groups in total. The molecular formula is C19H21FN6O3S. The number of hydrogen-bond acceptors (Lipinski definition) is 8. The minimum absolute atomic E-state index is 0.0229. The van der Waals surface area contributed by atoms with Crippen LogP contribution in [0.5, 0.6) is 5.75 Å². The Kier molecular flexibility index (Phi) is 6.75. The maximum Gasteiger partial charge on any atom is 0.240 e. The van der Waals surface area contributed by atoms with Crippen LogP contribution < -0.4 is 20.1 Å². The summed E-state index contributed by atoms with van der Waals surface area (Å²) in [5.74, 6) is 0.899. The van der Waals surface area contributed by atoms with Crippen molar-refractivity contribution in [3.05, 3.63) is 60.0 Å². The summed E-state index contributed by atoms with van der Waals surface area (Å²) in [6.07, 6.45) is 1.70. The molecule has 0 saturated carbocycles. The molecule has 158 valence electrons. The molecule has 30 heavy (non-hydrogen) atoms. The van der Waals surface area contributed by atoms with E-state index in [9.17, 15) is 12.8 Å². The van der Waals surface area contributed by atoms with Crippen LogP contribution in [0.4, 0.5) is 21.8 Å². The summed E-state index contributed by atoms with van der Waals surface area (Å²) in [6.45, 7) is 2.30. The Morgan fingerprint density at radius 3 is 2.43 bits per heavy atom. The van der Waals surface area contributed by atoms with Crippen molar-refractivity contribution >= 4 is 27.5 Å². The Hall–Kier alpha value is -3.31. The summed E-state index contributed by atoms with van der Waals surface area (Å²) in [5.41, 5.74) is 1.07. The van der Waals surface area contributed by atoms with Gasteiger partial charge in [0.2, 0.25) is 10.0 Å². The number of anilines is 3. The summed E-state index contributed by atoms with van der Waals surface area (Å²) in [4.78, 5) is 4.01. The number of nitrogens with one attached hydrogen (secondary N) is 3. The number of halogens is 1. The molecule has 0 fully saturated rings. The van der Waals surface area contributed by atoms with E-state index in [0.29, 0.717) is 17.5 Å². The fourth-order valence-corrected chi connectivity index (χ4v) is 3.55. The zero-order valence-corrected chi connectivity index (χ0v) is 17.2. The van der Waals surface area contributed by atoms with E-state index in [4.69, 9.17) is 4.74 Å². The lowest BCUT2D eigenvalue weighted by molar-refractivity contribution is 0.385. The third kappa shape index (κ3) is 5.61. The number of nitrogens with zero attached hydrogens (tertiary/aromatic N) is 3. The average Bonchev–Trinajstić information content (AvgIpc) is 2.72. The summed E-state index contributed by atoms with van der Waals surface area (Å²) in [7, 11) is -2.54. The van der Waals surface area contributed by atoms with E-state index in [0.717, 1.165) is 11.6 Å². The molecule has 0 unspecified atom stereocenters. The van der Waals surface area contributed by atoms with Crippen LogP contribution in [0.2, 0.25) is 0 Å². The van der Waals surface area contributed by atoms with Crippen molar-refractivity contribution in [3.63, 3.8) is 0 Å². The molecule has 2 heterocycles. The monoisotopic (exact) mass is 432 g/mol. The number of benzene rings is 1. The lowest BCUT2D eigenvalue weighted by atomic mass is 10.3. The van der Waals surface area contributed by atoms with E-state index < -0.39 is 15.8 Å². The van der Waals surface area contributed by atoms with Gasteiger partial charge in [-0.1, -0.05) is 0 Å². The first-order chi connectivity index (χ1) is 14.4. The van der Waals surface area contributed by atoms with Gasteiger partial charge < -0.3 is 15.4 Å². The largest absolute Gasteiger partial charge is 0.494 e. The molecule has 0 aliphatic heterocycles. The van der Waals surface area contributed by atoms with Gasteiger partial charge in [-0.15, -0.1) is 10.2 Å². The van der Waals surface area contributed by atoms with E-state index in [1.165, 1.54) is 19.2 Å². The van der Waals surface area contributed by atoms with Gasteiger partial charge in [-0.2, -0.15) is 0 Å². The Morgan fingerprint density at radius 2 is 1.77 bits per heavy atom. The molecule has 0 atom stereocenters. The van der Waals surface area contributed by atoms with Crippen LogP contribution in [0, 0.1) is 12.7 Å². The minimum atomic E-state index is -3.85. The Balaban J connectivity index is 1.49. The predicted octanol–water partition coefficient (Wildman–Crippen LogP) is 2.46. The van der Waals surface area contributed by atoms with Gasteiger partial charge in [0, 0.05) is 19.3 Å². The zero-order valence-electron chi connectivity index (χ0n) is 16.4. The van der Waals surface area contributed by atoms with Crippen LogP contribution >= 0.6 is 0 Å². The second kappa shape index (κ2) is 9.46. The lowest BCUT2D eigenvalue weighted by Gasteiger charge is -2.10. The SMILES string of the molecule is COc1ccc(S(=O)(=O)NCCNc2ccc(Nc3cc(C)ccn3)nn2)cc1F. The van der Waals surface area contributed by atoms with Crippen LogP contribution in [0.25, 0.3) is 0 Å². The summed E-state index contributed by atoms with van der Waals surface area (Å²) >= 11 is 0. The van der Waals surface area contributed by atoms with E-state index in [1.807, 2.05) is 19.1 Å². The molecule has 0 saturated heterocycles. The van der Waals surface area contributed by atoms with Crippen molar-refractivity contribution in [3.8, 4) is 5.75 Å². The molecule has 0 aliphatic carbocycles. The lowest BCUT2D eigenvalue weighted by Crippen LogP contribution is -2.29. The van der Waals surface area contributed by atoms with Gasteiger partial charge in [-0.05, 0) is 55.0 Å². The van der Waals surface area contributed by atoms with Crippen LogP contribution in [0.15, 0.2) is 53.6 Å². The number of pyridine rings is 1. The third-order valence-electron chi connectivity index (χ3n) is 3.99. The molecule has 1 aromatic carbocycles. The highest BCUT2D eigenvalue weighted by Gasteiger charge is 2.16. The molecule has 3 aromatic rings. The van der Waals surface area contributed by atoms with Crippen LogP contribution in [-0.4, -0.2) is 43.8 Å². The quantitative estimate of drug-likeness (QED) is 0.441. The smallest absolute Gasteiger partial charge is 0.240 e. The van der Waals surface area contributed by atoms with Gasteiger partial charge in [0.15, 0.2) is 17.4 Å². The number of sulfonamides is 1. The number of hydrogen-bond donors (Lipinski definition) is 3. The molecule has 0 amide bonds. The molecule has 0 aliphatic rings. The number of ether oxygens (including phenoxy) is 1. The van der Waals surface area contributed by atoms with Gasteiger partial charge in [-0.3, -0.25) is 0 Å². The van der Waals surface area contributed by atoms with E-state index in [1.54, 1.807) is 18.3 Å². The molecule has 3 rings (SSSR count). The fourth-order valence-electron chi connectivity index (χ4n) is 2.50. The van der Waals surface area contributed by atoms with E-state index in [-0.39, 0.29) is 23.7 Å². The number of rotatable bonds is 9. The van der Waals surface area contributed by atoms with Crippen molar-refractivity contribution in [2.24, 2.45) is 0 Å². The number of aryl methyl sites for hydroxylation is 1. The van der Waals surface area contributed by atoms with Crippen molar-refractivity contribution in [1.82, 2.24) is 19.9 Å². The van der Waals surface area contributed by atoms with Crippen molar-refractivity contribution < 1.29 is 17.5 Å². The van der Waals surface area contributed by atoms with Crippen LogP contribution in [0.1, 0.15) is 5.56 Å². The molecule has 0 radical (unpaired) electrons. The molecule has 0 bridgehead atoms. The first-order valence-corrected chi connectivity index (χ1v) is 10.5. The highest BCUT2D eigenvalue weighted by atomic mass is 32.2.